The maximum Gasteiger partial charge on any atom is 0.161 e. The number of allylic oxidation sites excluding steroid dienone is 1. The van der Waals surface area contributed by atoms with Gasteiger partial charge in [-0.05, 0) is 37.1 Å². The molecule has 1 fully saturated rings. The first kappa shape index (κ1) is 10.9. The molecule has 1 aromatic rings. The van der Waals surface area contributed by atoms with Crippen molar-refractivity contribution in [1.82, 2.24) is 0 Å². The van der Waals surface area contributed by atoms with Crippen LogP contribution < -0.4 is 4.74 Å². The van der Waals surface area contributed by atoms with Crippen molar-refractivity contribution in [2.45, 2.75) is 19.3 Å². The van der Waals surface area contributed by atoms with E-state index in [9.17, 15) is 9.18 Å². The van der Waals surface area contributed by atoms with Crippen molar-refractivity contribution in [3.05, 3.63) is 35.4 Å². The molecule has 0 N–H and O–H groups in total. The maximum absolute atomic E-state index is 13.9. The molecule has 0 unspecified atom stereocenters. The number of methoxy groups -OCH3 is 1. The number of carbonyl (C=O) groups excluding carboxylic acids is 1. The number of hydrogen-bond donors (Lipinski definition) is 0. The Hall–Kier alpha value is -1.64. The predicted molar refractivity (Wildman–Crippen MR) is 59.9 cm³/mol. The van der Waals surface area contributed by atoms with E-state index in [1.165, 1.54) is 0 Å². The topological polar surface area (TPSA) is 26.3 Å². The maximum atomic E-state index is 13.9. The molecule has 0 heterocycles. The smallest absolute Gasteiger partial charge is 0.161 e. The van der Waals surface area contributed by atoms with Crippen LogP contribution >= 0.6 is 0 Å². The van der Waals surface area contributed by atoms with Crippen molar-refractivity contribution in [2.24, 2.45) is 0 Å². The Kier molecular flexibility index (Phi) is 3.04. The van der Waals surface area contributed by atoms with Gasteiger partial charge in [0.2, 0.25) is 0 Å². The third kappa shape index (κ3) is 1.98. The molecule has 1 saturated carbocycles. The van der Waals surface area contributed by atoms with Crippen LogP contribution in [0, 0.1) is 0 Å². The minimum Gasteiger partial charge on any atom is -0.497 e. The fourth-order valence-electron chi connectivity index (χ4n) is 1.86. The van der Waals surface area contributed by atoms with Gasteiger partial charge in [-0.15, -0.1) is 0 Å². The van der Waals surface area contributed by atoms with Crippen LogP contribution in [0.1, 0.15) is 24.8 Å². The number of carbonyl (C=O) groups is 1. The molecule has 0 amide bonds. The number of hydrogen-bond acceptors (Lipinski definition) is 2. The molecule has 1 aliphatic rings. The lowest BCUT2D eigenvalue weighted by Crippen LogP contribution is -1.94. The molecule has 0 bridgehead atoms. The van der Waals surface area contributed by atoms with Gasteiger partial charge in [0.1, 0.15) is 11.6 Å². The minimum atomic E-state index is -0.384. The second-order valence-corrected chi connectivity index (χ2v) is 3.80. The molecular weight excluding hydrogens is 207 g/mol. The van der Waals surface area contributed by atoms with Crippen LogP contribution in [-0.4, -0.2) is 12.9 Å². The lowest BCUT2D eigenvalue weighted by Gasteiger charge is -2.03. The van der Waals surface area contributed by atoms with E-state index in [-0.39, 0.29) is 11.6 Å². The van der Waals surface area contributed by atoms with Crippen molar-refractivity contribution in [1.29, 1.82) is 0 Å². The first-order valence-corrected chi connectivity index (χ1v) is 5.28. The number of ether oxygens (including phenoxy) is 1. The SMILES string of the molecule is COc1ccc(/C(F)=C2/CCCC2=O)cc1. The van der Waals surface area contributed by atoms with Gasteiger partial charge in [0, 0.05) is 17.6 Å². The van der Waals surface area contributed by atoms with E-state index in [1.54, 1.807) is 31.4 Å². The normalized spacial score (nSPS) is 18.8. The number of Topliss-reactive ketones (excluding diaryl/α,β-unsaturated/α-hetero) is 1. The van der Waals surface area contributed by atoms with Crippen molar-refractivity contribution >= 4 is 11.6 Å². The lowest BCUT2D eigenvalue weighted by atomic mass is 10.1. The van der Waals surface area contributed by atoms with Crippen molar-refractivity contribution in [3.8, 4) is 5.75 Å². The highest BCUT2D eigenvalue weighted by atomic mass is 19.1. The van der Waals surface area contributed by atoms with E-state index < -0.39 is 0 Å². The van der Waals surface area contributed by atoms with E-state index in [2.05, 4.69) is 0 Å². The molecule has 0 spiro atoms. The molecule has 1 aliphatic carbocycles. The average Bonchev–Trinajstić information content (AvgIpc) is 2.75. The zero-order valence-electron chi connectivity index (χ0n) is 9.13. The summed E-state index contributed by atoms with van der Waals surface area (Å²) in [6.45, 7) is 0. The molecule has 0 aromatic heterocycles. The van der Waals surface area contributed by atoms with Gasteiger partial charge in [0.05, 0.1) is 7.11 Å². The highest BCUT2D eigenvalue weighted by molar-refractivity contribution is 6.03. The number of halogens is 1. The summed E-state index contributed by atoms with van der Waals surface area (Å²) in [5, 5.41) is 0. The standard InChI is InChI=1S/C13H13FO2/c1-16-10-7-5-9(6-8-10)13(14)11-3-2-4-12(11)15/h5-8H,2-4H2,1H3/b13-11+. The first-order valence-electron chi connectivity index (χ1n) is 5.28. The Labute approximate surface area is 93.7 Å². The molecule has 0 aliphatic heterocycles. The Bertz CT molecular complexity index is 432. The fourth-order valence-corrected chi connectivity index (χ4v) is 1.86. The van der Waals surface area contributed by atoms with Gasteiger partial charge in [-0.1, -0.05) is 0 Å². The van der Waals surface area contributed by atoms with Crippen LogP contribution in [0.4, 0.5) is 4.39 Å². The van der Waals surface area contributed by atoms with Crippen LogP contribution in [-0.2, 0) is 4.79 Å². The molecule has 0 radical (unpaired) electrons. The lowest BCUT2D eigenvalue weighted by molar-refractivity contribution is -0.114. The van der Waals surface area contributed by atoms with Crippen LogP contribution in [0.3, 0.4) is 0 Å². The Morgan fingerprint density at radius 1 is 1.25 bits per heavy atom. The van der Waals surface area contributed by atoms with Crippen molar-refractivity contribution in [2.75, 3.05) is 7.11 Å². The average molecular weight is 220 g/mol. The van der Waals surface area contributed by atoms with Gasteiger partial charge in [-0.2, -0.15) is 0 Å². The molecule has 84 valence electrons. The quantitative estimate of drug-likeness (QED) is 0.716. The van der Waals surface area contributed by atoms with Gasteiger partial charge in [0.15, 0.2) is 5.78 Å². The molecule has 1 aromatic carbocycles. The Morgan fingerprint density at radius 3 is 2.44 bits per heavy atom. The second-order valence-electron chi connectivity index (χ2n) is 3.80. The highest BCUT2D eigenvalue weighted by Crippen LogP contribution is 2.30. The summed E-state index contributed by atoms with van der Waals surface area (Å²) in [5.74, 6) is 0.234. The largest absolute Gasteiger partial charge is 0.497 e. The zero-order chi connectivity index (χ0) is 11.5. The zero-order valence-corrected chi connectivity index (χ0v) is 9.13. The van der Waals surface area contributed by atoms with E-state index in [1.807, 2.05) is 0 Å². The van der Waals surface area contributed by atoms with Crippen LogP contribution in [0.25, 0.3) is 5.83 Å². The molecular formula is C13H13FO2. The van der Waals surface area contributed by atoms with Crippen LogP contribution in [0.5, 0.6) is 5.75 Å². The number of rotatable bonds is 2. The monoisotopic (exact) mass is 220 g/mol. The van der Waals surface area contributed by atoms with Crippen molar-refractivity contribution < 1.29 is 13.9 Å². The molecule has 2 rings (SSSR count). The van der Waals surface area contributed by atoms with Crippen LogP contribution in [0.15, 0.2) is 29.8 Å². The van der Waals surface area contributed by atoms with E-state index in [0.29, 0.717) is 29.7 Å². The summed E-state index contributed by atoms with van der Waals surface area (Å²) in [7, 11) is 1.56. The molecule has 3 heteroatoms. The van der Waals surface area contributed by atoms with Crippen LogP contribution in [0.2, 0.25) is 0 Å². The molecule has 0 atom stereocenters. The summed E-state index contributed by atoms with van der Waals surface area (Å²) in [6, 6.07) is 6.64. The summed E-state index contributed by atoms with van der Waals surface area (Å²) in [6.07, 6.45) is 1.79. The van der Waals surface area contributed by atoms with Gasteiger partial charge < -0.3 is 4.74 Å². The Morgan fingerprint density at radius 2 is 1.94 bits per heavy atom. The van der Waals surface area contributed by atoms with Gasteiger partial charge >= 0.3 is 0 Å². The summed E-state index contributed by atoms with van der Waals surface area (Å²) in [4.78, 5) is 11.4. The van der Waals surface area contributed by atoms with Gasteiger partial charge in [-0.3, -0.25) is 4.79 Å². The number of benzene rings is 1. The molecule has 16 heavy (non-hydrogen) atoms. The van der Waals surface area contributed by atoms with Gasteiger partial charge in [-0.25, -0.2) is 4.39 Å². The minimum absolute atomic E-state index is 0.0617. The molecule has 0 saturated heterocycles. The summed E-state index contributed by atoms with van der Waals surface area (Å²) >= 11 is 0. The summed E-state index contributed by atoms with van der Waals surface area (Å²) in [5.41, 5.74) is 0.788. The van der Waals surface area contributed by atoms with E-state index >= 15 is 0 Å². The van der Waals surface area contributed by atoms with E-state index in [4.69, 9.17) is 4.74 Å². The molecule has 2 nitrogen and oxygen atoms in total. The Balaban J connectivity index is 2.33. The number of ketones is 1. The van der Waals surface area contributed by atoms with Crippen molar-refractivity contribution in [3.63, 3.8) is 0 Å². The second kappa shape index (κ2) is 4.47. The third-order valence-corrected chi connectivity index (χ3v) is 2.78. The van der Waals surface area contributed by atoms with E-state index in [0.717, 1.165) is 6.42 Å². The predicted octanol–water partition coefficient (Wildman–Crippen LogP) is 3.13. The fraction of sp³-hybridized carbons (Fsp3) is 0.308. The first-order chi connectivity index (χ1) is 7.72. The third-order valence-electron chi connectivity index (χ3n) is 2.78. The highest BCUT2D eigenvalue weighted by Gasteiger charge is 2.22. The summed E-state index contributed by atoms with van der Waals surface area (Å²) < 4.78 is 18.9. The van der Waals surface area contributed by atoms with Gasteiger partial charge in [0.25, 0.3) is 0 Å².